The molecule has 0 bridgehead atoms. The normalized spacial score (nSPS) is 15.3. The molecule has 2 aromatic carbocycles. The largest absolute Gasteiger partial charge is 0.627 e. The highest BCUT2D eigenvalue weighted by molar-refractivity contribution is 5.85. The van der Waals surface area contributed by atoms with Crippen molar-refractivity contribution in [1.82, 2.24) is 14.6 Å². The zero-order valence-corrected chi connectivity index (χ0v) is 17.1. The highest BCUT2D eigenvalue weighted by Crippen LogP contribution is 2.27. The van der Waals surface area contributed by atoms with Crippen molar-refractivity contribution in [1.29, 1.82) is 5.26 Å². The van der Waals surface area contributed by atoms with Gasteiger partial charge < -0.3 is 14.8 Å². The summed E-state index contributed by atoms with van der Waals surface area (Å²) in [5.74, 6) is 0.917. The molecule has 1 aliphatic rings. The molecular formula is C23H25ClN4O. The summed E-state index contributed by atoms with van der Waals surface area (Å²) < 4.78 is -0.185. The summed E-state index contributed by atoms with van der Waals surface area (Å²) in [5.41, 5.74) is 4.87. The lowest BCUT2D eigenvalue weighted by atomic mass is 10.1. The van der Waals surface area contributed by atoms with Crippen LogP contribution in [0, 0.1) is 16.5 Å². The van der Waals surface area contributed by atoms with E-state index < -0.39 is 0 Å². The van der Waals surface area contributed by atoms with Crippen molar-refractivity contribution in [3.05, 3.63) is 88.1 Å². The van der Waals surface area contributed by atoms with Gasteiger partial charge in [-0.25, -0.2) is 4.98 Å². The summed E-state index contributed by atoms with van der Waals surface area (Å²) in [6.45, 7) is 1.38. The molecule has 0 radical (unpaired) electrons. The average Bonchev–Trinajstić information content (AvgIpc) is 3.16. The molecule has 1 aromatic heterocycles. The number of hydroxylamine groups is 2. The maximum absolute atomic E-state index is 12.9. The van der Waals surface area contributed by atoms with E-state index in [0.29, 0.717) is 25.1 Å². The first-order valence-electron chi connectivity index (χ1n) is 9.84. The van der Waals surface area contributed by atoms with Crippen LogP contribution < -0.4 is 4.65 Å². The van der Waals surface area contributed by atoms with Gasteiger partial charge in [-0.2, -0.15) is 5.26 Å². The van der Waals surface area contributed by atoms with Gasteiger partial charge in [0.2, 0.25) is 0 Å². The van der Waals surface area contributed by atoms with Gasteiger partial charge in [0.1, 0.15) is 11.5 Å². The minimum absolute atomic E-state index is 0. The summed E-state index contributed by atoms with van der Waals surface area (Å²) >= 11 is 0. The molecule has 2 heterocycles. The Bertz CT molecular complexity index is 967. The molecule has 4 rings (SSSR count). The Labute approximate surface area is 177 Å². The summed E-state index contributed by atoms with van der Waals surface area (Å²) in [7, 11) is 0. The number of quaternary nitrogens is 1. The summed E-state index contributed by atoms with van der Waals surface area (Å²) in [6.07, 6.45) is 6.54. The van der Waals surface area contributed by atoms with Crippen LogP contribution in [0.5, 0.6) is 0 Å². The van der Waals surface area contributed by atoms with Gasteiger partial charge in [-0.1, -0.05) is 24.3 Å². The van der Waals surface area contributed by atoms with E-state index in [2.05, 4.69) is 16.0 Å². The maximum atomic E-state index is 12.9. The van der Waals surface area contributed by atoms with E-state index in [0.717, 1.165) is 47.6 Å². The monoisotopic (exact) mass is 408 g/mol. The topological polar surface area (TPSA) is 75.5 Å². The third kappa shape index (κ3) is 5.04. The first kappa shape index (κ1) is 21.1. The number of nitriles is 1. The highest BCUT2D eigenvalue weighted by Gasteiger charge is 2.23. The van der Waals surface area contributed by atoms with Gasteiger partial charge in [0.15, 0.2) is 0 Å². The van der Waals surface area contributed by atoms with Gasteiger partial charge in [-0.05, 0) is 54.7 Å². The Morgan fingerprint density at radius 3 is 2.21 bits per heavy atom. The number of nitrogens with one attached hydrogen (secondary N) is 1. The van der Waals surface area contributed by atoms with Crippen molar-refractivity contribution in [3.63, 3.8) is 0 Å². The van der Waals surface area contributed by atoms with E-state index in [1.807, 2.05) is 54.7 Å². The fourth-order valence-corrected chi connectivity index (χ4v) is 3.86. The third-order valence-corrected chi connectivity index (χ3v) is 5.48. The standard InChI is InChI=1S/C23H24N4O.ClH/c24-16-20-6-4-18(5-7-20)14-21-17-25-23(26-21)15-19-8-10-22(11-9-19)27(28)12-2-1-3-13-27;/h4-11,17H,1-3,12-15H2,(H,25,26);1H. The lowest BCUT2D eigenvalue weighted by Gasteiger charge is -2.44. The van der Waals surface area contributed by atoms with Crippen LogP contribution in [0.4, 0.5) is 5.69 Å². The molecule has 0 spiro atoms. The lowest BCUT2D eigenvalue weighted by Crippen LogP contribution is -2.47. The molecule has 0 amide bonds. The molecule has 29 heavy (non-hydrogen) atoms. The van der Waals surface area contributed by atoms with E-state index in [1.165, 1.54) is 6.42 Å². The van der Waals surface area contributed by atoms with Crippen LogP contribution in [-0.4, -0.2) is 23.1 Å². The number of aromatic amines is 1. The number of H-pyrrole nitrogens is 1. The Morgan fingerprint density at radius 2 is 1.55 bits per heavy atom. The Balaban J connectivity index is 0.00000240. The predicted molar refractivity (Wildman–Crippen MR) is 118 cm³/mol. The minimum atomic E-state index is -0.185. The minimum Gasteiger partial charge on any atom is -0.627 e. The molecular weight excluding hydrogens is 384 g/mol. The van der Waals surface area contributed by atoms with Crippen LogP contribution in [0.15, 0.2) is 54.7 Å². The van der Waals surface area contributed by atoms with Gasteiger partial charge in [-0.3, -0.25) is 0 Å². The molecule has 0 atom stereocenters. The Morgan fingerprint density at radius 1 is 0.931 bits per heavy atom. The highest BCUT2D eigenvalue weighted by atomic mass is 35.5. The fraction of sp³-hybridized carbons (Fsp3) is 0.304. The second-order valence-electron chi connectivity index (χ2n) is 7.58. The smallest absolute Gasteiger partial charge is 0.132 e. The zero-order valence-electron chi connectivity index (χ0n) is 16.3. The number of piperidine rings is 1. The second-order valence-corrected chi connectivity index (χ2v) is 7.58. The van der Waals surface area contributed by atoms with Crippen LogP contribution in [0.2, 0.25) is 0 Å². The Hall–Kier alpha value is -2.65. The molecule has 0 unspecified atom stereocenters. The molecule has 1 fully saturated rings. The van der Waals surface area contributed by atoms with Crippen LogP contribution >= 0.6 is 12.4 Å². The second kappa shape index (κ2) is 9.23. The van der Waals surface area contributed by atoms with Crippen LogP contribution in [0.25, 0.3) is 0 Å². The SMILES string of the molecule is Cl.N#Cc1ccc(Cc2cnc(Cc3ccc([N+]4([O-])CCCCC4)cc3)[nH]2)cc1. The molecule has 150 valence electrons. The number of imidazole rings is 1. The number of hydrogen-bond donors (Lipinski definition) is 1. The maximum Gasteiger partial charge on any atom is 0.132 e. The fourth-order valence-electron chi connectivity index (χ4n) is 3.86. The zero-order chi connectivity index (χ0) is 19.4. The van der Waals surface area contributed by atoms with Gasteiger partial charge in [0.25, 0.3) is 0 Å². The summed E-state index contributed by atoms with van der Waals surface area (Å²) in [5, 5.41) is 21.8. The third-order valence-electron chi connectivity index (χ3n) is 5.48. The first-order valence-corrected chi connectivity index (χ1v) is 9.84. The number of halogens is 1. The number of rotatable bonds is 5. The number of aromatic nitrogens is 2. The summed E-state index contributed by atoms with van der Waals surface area (Å²) in [4.78, 5) is 7.88. The number of benzene rings is 2. The van der Waals surface area contributed by atoms with Crippen molar-refractivity contribution in [2.75, 3.05) is 13.1 Å². The molecule has 5 nitrogen and oxygen atoms in total. The predicted octanol–water partition coefficient (Wildman–Crippen LogP) is 4.87. The molecule has 0 aliphatic carbocycles. The first-order chi connectivity index (χ1) is 13.6. The number of nitrogens with zero attached hydrogens (tertiary/aromatic N) is 3. The van der Waals surface area contributed by atoms with Crippen LogP contribution in [0.1, 0.15) is 47.5 Å². The molecule has 3 aromatic rings. The van der Waals surface area contributed by atoms with Crippen LogP contribution in [0.3, 0.4) is 0 Å². The van der Waals surface area contributed by atoms with Crippen molar-refractivity contribution in [3.8, 4) is 6.07 Å². The van der Waals surface area contributed by atoms with Crippen molar-refractivity contribution >= 4 is 18.1 Å². The molecule has 6 heteroatoms. The molecule has 1 aliphatic heterocycles. The molecule has 1 saturated heterocycles. The van der Waals surface area contributed by atoms with Crippen molar-refractivity contribution < 1.29 is 0 Å². The number of hydrogen-bond acceptors (Lipinski definition) is 3. The molecule has 1 N–H and O–H groups in total. The van der Waals surface area contributed by atoms with Crippen molar-refractivity contribution in [2.24, 2.45) is 0 Å². The quantitative estimate of drug-likeness (QED) is 0.483. The van der Waals surface area contributed by atoms with Gasteiger partial charge in [0.05, 0.1) is 24.7 Å². The van der Waals surface area contributed by atoms with Gasteiger partial charge in [0, 0.05) is 24.7 Å². The van der Waals surface area contributed by atoms with E-state index in [4.69, 9.17) is 5.26 Å². The van der Waals surface area contributed by atoms with E-state index in [9.17, 15) is 5.21 Å². The summed E-state index contributed by atoms with van der Waals surface area (Å²) in [6, 6.07) is 17.8. The molecule has 0 saturated carbocycles. The Kier molecular flexibility index (Phi) is 6.71. The van der Waals surface area contributed by atoms with E-state index in [-0.39, 0.29) is 17.1 Å². The van der Waals surface area contributed by atoms with Gasteiger partial charge >= 0.3 is 0 Å². The van der Waals surface area contributed by atoms with E-state index in [1.54, 1.807) is 0 Å². The average molecular weight is 409 g/mol. The lowest BCUT2D eigenvalue weighted by molar-refractivity contribution is 0.307. The van der Waals surface area contributed by atoms with E-state index >= 15 is 0 Å². The van der Waals surface area contributed by atoms with Crippen molar-refractivity contribution in [2.45, 2.75) is 32.1 Å². The van der Waals surface area contributed by atoms with Gasteiger partial charge in [-0.15, -0.1) is 12.4 Å². The van der Waals surface area contributed by atoms with Crippen LogP contribution in [-0.2, 0) is 12.8 Å².